The van der Waals surface area contributed by atoms with Crippen LogP contribution in [0.3, 0.4) is 0 Å². The maximum absolute atomic E-state index is 11.0. The van der Waals surface area contributed by atoms with Crippen LogP contribution in [0.2, 0.25) is 0 Å². The summed E-state index contributed by atoms with van der Waals surface area (Å²) in [7, 11) is 0. The van der Waals surface area contributed by atoms with Crippen LogP contribution in [0.5, 0.6) is 0 Å². The van der Waals surface area contributed by atoms with Gasteiger partial charge in [-0.1, -0.05) is 54.6 Å². The lowest BCUT2D eigenvalue weighted by Gasteiger charge is -2.10. The molecule has 0 atom stereocenters. The monoisotopic (exact) mass is 334 g/mol. The predicted molar refractivity (Wildman–Crippen MR) is 101 cm³/mol. The molecule has 25 heavy (non-hydrogen) atoms. The van der Waals surface area contributed by atoms with Crippen LogP contribution in [-0.2, 0) is 4.79 Å². The Bertz CT molecular complexity index is 760. The maximum Gasteiger partial charge on any atom is 0.267 e. The zero-order valence-corrected chi connectivity index (χ0v) is 14.0. The molecular formula is C21H22N2O2. The zero-order chi connectivity index (χ0) is 17.5. The molecule has 0 unspecified atom stereocenters. The van der Waals surface area contributed by atoms with E-state index in [0.717, 1.165) is 17.7 Å². The number of benzene rings is 2. The maximum atomic E-state index is 11.0. The van der Waals surface area contributed by atoms with E-state index >= 15 is 0 Å². The number of hydrogen-bond donors (Lipinski definition) is 3. The van der Waals surface area contributed by atoms with Gasteiger partial charge in [-0.3, -0.25) is 10.0 Å². The molecule has 0 radical (unpaired) electrons. The molecule has 0 aliphatic heterocycles. The lowest BCUT2D eigenvalue weighted by atomic mass is 10.0. The number of nitrogens with one attached hydrogen (secondary N) is 2. The molecule has 0 bridgehead atoms. The van der Waals surface area contributed by atoms with Gasteiger partial charge in [-0.15, -0.1) is 0 Å². The summed E-state index contributed by atoms with van der Waals surface area (Å²) in [5, 5.41) is 12.1. The van der Waals surface area contributed by atoms with Crippen LogP contribution in [-0.4, -0.2) is 23.7 Å². The lowest BCUT2D eigenvalue weighted by Crippen LogP contribution is -2.18. The molecule has 1 fully saturated rings. The summed E-state index contributed by atoms with van der Waals surface area (Å²) in [5.41, 5.74) is 6.07. The molecule has 3 rings (SSSR count). The van der Waals surface area contributed by atoms with E-state index in [9.17, 15) is 4.79 Å². The molecule has 0 saturated heterocycles. The van der Waals surface area contributed by atoms with Crippen molar-refractivity contribution in [3.05, 3.63) is 77.4 Å². The Labute approximate surface area is 147 Å². The van der Waals surface area contributed by atoms with E-state index in [1.807, 2.05) is 30.3 Å². The zero-order valence-electron chi connectivity index (χ0n) is 14.0. The molecule has 1 aliphatic rings. The van der Waals surface area contributed by atoms with Crippen molar-refractivity contribution in [1.29, 1.82) is 0 Å². The van der Waals surface area contributed by atoms with Gasteiger partial charge in [0, 0.05) is 18.7 Å². The second kappa shape index (κ2) is 8.42. The first kappa shape index (κ1) is 17.1. The standard InChI is InChI=1S/C21H22N2O2/c24-21(23-25)13-10-16-6-8-17(9-7-16)14-19(15-22-20-11-12-20)18-4-2-1-3-5-18/h1-10,13-14,20,22,25H,11-12,15H2,(H,23,24)/b13-10?,19-14-. The van der Waals surface area contributed by atoms with Crippen LogP contribution >= 0.6 is 0 Å². The average Bonchev–Trinajstić information content (AvgIpc) is 3.49. The van der Waals surface area contributed by atoms with Gasteiger partial charge in [0.05, 0.1) is 0 Å². The highest BCUT2D eigenvalue weighted by Crippen LogP contribution is 2.22. The normalized spacial score (nSPS) is 14.7. The second-order valence-corrected chi connectivity index (χ2v) is 6.17. The van der Waals surface area contributed by atoms with Gasteiger partial charge in [0.2, 0.25) is 0 Å². The summed E-state index contributed by atoms with van der Waals surface area (Å²) in [6, 6.07) is 19.0. The molecule has 1 amide bonds. The van der Waals surface area contributed by atoms with Crippen LogP contribution in [0.25, 0.3) is 17.7 Å². The van der Waals surface area contributed by atoms with Gasteiger partial charge in [0.25, 0.3) is 5.91 Å². The molecule has 0 heterocycles. The fourth-order valence-electron chi connectivity index (χ4n) is 2.54. The highest BCUT2D eigenvalue weighted by Gasteiger charge is 2.20. The van der Waals surface area contributed by atoms with Gasteiger partial charge < -0.3 is 5.32 Å². The molecule has 4 heteroatoms. The minimum atomic E-state index is -0.540. The van der Waals surface area contributed by atoms with Crippen molar-refractivity contribution < 1.29 is 10.0 Å². The number of carbonyl (C=O) groups is 1. The molecular weight excluding hydrogens is 312 g/mol. The van der Waals surface area contributed by atoms with E-state index in [1.54, 1.807) is 11.6 Å². The molecule has 128 valence electrons. The van der Waals surface area contributed by atoms with E-state index in [-0.39, 0.29) is 0 Å². The van der Waals surface area contributed by atoms with E-state index in [0.29, 0.717) is 6.04 Å². The first-order valence-electron chi connectivity index (χ1n) is 8.46. The largest absolute Gasteiger partial charge is 0.310 e. The van der Waals surface area contributed by atoms with Gasteiger partial charge in [-0.25, -0.2) is 5.48 Å². The van der Waals surface area contributed by atoms with Crippen molar-refractivity contribution in [2.24, 2.45) is 0 Å². The number of hydroxylamine groups is 1. The van der Waals surface area contributed by atoms with Crippen molar-refractivity contribution in [2.45, 2.75) is 18.9 Å². The Morgan fingerprint density at radius 3 is 2.36 bits per heavy atom. The third kappa shape index (κ3) is 5.41. The Kier molecular flexibility index (Phi) is 5.77. The number of rotatable bonds is 7. The highest BCUT2D eigenvalue weighted by atomic mass is 16.5. The van der Waals surface area contributed by atoms with E-state index < -0.39 is 5.91 Å². The quantitative estimate of drug-likeness (QED) is 0.314. The number of amides is 1. The molecule has 0 aromatic heterocycles. The molecule has 0 spiro atoms. The summed E-state index contributed by atoms with van der Waals surface area (Å²) in [6.45, 7) is 0.854. The third-order valence-corrected chi connectivity index (χ3v) is 4.12. The van der Waals surface area contributed by atoms with Gasteiger partial charge in [0.1, 0.15) is 0 Å². The van der Waals surface area contributed by atoms with Crippen LogP contribution in [0, 0.1) is 0 Å². The Morgan fingerprint density at radius 2 is 1.72 bits per heavy atom. The minimum absolute atomic E-state index is 0.540. The molecule has 2 aromatic carbocycles. The molecule has 1 aliphatic carbocycles. The summed E-state index contributed by atoms with van der Waals surface area (Å²) in [5.74, 6) is -0.540. The van der Waals surface area contributed by atoms with Crippen molar-refractivity contribution in [2.75, 3.05) is 6.54 Å². The highest BCUT2D eigenvalue weighted by molar-refractivity contribution is 5.91. The van der Waals surface area contributed by atoms with E-state index in [4.69, 9.17) is 5.21 Å². The summed E-state index contributed by atoms with van der Waals surface area (Å²) < 4.78 is 0. The SMILES string of the molecule is O=C(C=Cc1ccc(/C=C(/CNC2CC2)c2ccccc2)cc1)NO. The van der Waals surface area contributed by atoms with Crippen LogP contribution in [0.4, 0.5) is 0 Å². The lowest BCUT2D eigenvalue weighted by molar-refractivity contribution is -0.124. The molecule has 2 aromatic rings. The average molecular weight is 334 g/mol. The summed E-state index contributed by atoms with van der Waals surface area (Å²) >= 11 is 0. The molecule has 4 nitrogen and oxygen atoms in total. The summed E-state index contributed by atoms with van der Waals surface area (Å²) in [6.07, 6.45) is 7.68. The van der Waals surface area contributed by atoms with Crippen LogP contribution < -0.4 is 10.8 Å². The van der Waals surface area contributed by atoms with Gasteiger partial charge in [0.15, 0.2) is 0 Å². The second-order valence-electron chi connectivity index (χ2n) is 6.17. The predicted octanol–water partition coefficient (Wildman–Crippen LogP) is 3.50. The Hall–Kier alpha value is -2.69. The van der Waals surface area contributed by atoms with Gasteiger partial charge in [-0.05, 0) is 47.3 Å². The van der Waals surface area contributed by atoms with Crippen molar-refractivity contribution in [3.8, 4) is 0 Å². The van der Waals surface area contributed by atoms with Crippen molar-refractivity contribution in [1.82, 2.24) is 10.8 Å². The minimum Gasteiger partial charge on any atom is -0.310 e. The topological polar surface area (TPSA) is 61.4 Å². The first-order valence-corrected chi connectivity index (χ1v) is 8.46. The Morgan fingerprint density at radius 1 is 1.04 bits per heavy atom. The number of hydrogen-bond acceptors (Lipinski definition) is 3. The summed E-state index contributed by atoms with van der Waals surface area (Å²) in [4.78, 5) is 11.0. The van der Waals surface area contributed by atoms with Gasteiger partial charge in [-0.2, -0.15) is 0 Å². The molecule has 3 N–H and O–H groups in total. The van der Waals surface area contributed by atoms with Crippen LogP contribution in [0.1, 0.15) is 29.5 Å². The number of carbonyl (C=O) groups excluding carboxylic acids is 1. The van der Waals surface area contributed by atoms with Gasteiger partial charge >= 0.3 is 0 Å². The molecule has 1 saturated carbocycles. The van der Waals surface area contributed by atoms with Crippen LogP contribution in [0.15, 0.2) is 60.7 Å². The first-order chi connectivity index (χ1) is 12.2. The van der Waals surface area contributed by atoms with Crippen molar-refractivity contribution in [3.63, 3.8) is 0 Å². The fraction of sp³-hybridized carbons (Fsp3) is 0.190. The Balaban J connectivity index is 1.76. The third-order valence-electron chi connectivity index (χ3n) is 4.12. The smallest absolute Gasteiger partial charge is 0.267 e. The van der Waals surface area contributed by atoms with Crippen molar-refractivity contribution >= 4 is 23.6 Å². The fourth-order valence-corrected chi connectivity index (χ4v) is 2.54. The van der Waals surface area contributed by atoms with E-state index in [2.05, 4.69) is 35.7 Å². The van der Waals surface area contributed by atoms with E-state index in [1.165, 1.54) is 30.1 Å².